The van der Waals surface area contributed by atoms with E-state index in [0.29, 0.717) is 12.3 Å². The second-order valence-electron chi connectivity index (χ2n) is 4.93. The quantitative estimate of drug-likeness (QED) is 0.934. The number of ether oxygens (including phenoxy) is 1. The Morgan fingerprint density at radius 3 is 2.57 bits per heavy atom. The Morgan fingerprint density at radius 2 is 1.90 bits per heavy atom. The van der Waals surface area contributed by atoms with Gasteiger partial charge in [0.25, 0.3) is 5.91 Å². The number of furan rings is 1. The summed E-state index contributed by atoms with van der Waals surface area (Å²) in [5.41, 5.74) is 2.26. The molecule has 1 aromatic heterocycles. The zero-order chi connectivity index (χ0) is 14.5. The zero-order valence-electron chi connectivity index (χ0n) is 11.7. The van der Waals surface area contributed by atoms with Crippen LogP contribution in [-0.2, 0) is 11.3 Å². The van der Waals surface area contributed by atoms with Crippen LogP contribution >= 0.6 is 0 Å². The molecular weight excluding hydrogens is 268 g/mol. The lowest BCUT2D eigenvalue weighted by Gasteiger charge is -2.28. The lowest BCUT2D eigenvalue weighted by Crippen LogP contribution is -2.36. The van der Waals surface area contributed by atoms with Gasteiger partial charge in [0.1, 0.15) is 0 Å². The van der Waals surface area contributed by atoms with Gasteiger partial charge in [-0.15, -0.1) is 0 Å². The van der Waals surface area contributed by atoms with E-state index < -0.39 is 0 Å². The Balaban J connectivity index is 1.55. The summed E-state index contributed by atoms with van der Waals surface area (Å²) in [5.74, 6) is 0.136. The third-order valence-electron chi connectivity index (χ3n) is 3.51. The van der Waals surface area contributed by atoms with Crippen molar-refractivity contribution in [1.29, 1.82) is 0 Å². The van der Waals surface area contributed by atoms with E-state index >= 15 is 0 Å². The van der Waals surface area contributed by atoms with Crippen LogP contribution in [0.25, 0.3) is 0 Å². The summed E-state index contributed by atoms with van der Waals surface area (Å²) in [6.07, 6.45) is 1.49. The molecule has 1 amide bonds. The van der Waals surface area contributed by atoms with Crippen LogP contribution in [0.2, 0.25) is 0 Å². The fraction of sp³-hybridized carbons (Fsp3) is 0.312. The number of hydrogen-bond donors (Lipinski definition) is 1. The van der Waals surface area contributed by atoms with E-state index in [1.165, 1.54) is 12.0 Å². The van der Waals surface area contributed by atoms with E-state index in [4.69, 9.17) is 9.15 Å². The molecule has 0 bridgehead atoms. The Bertz CT molecular complexity index is 572. The molecule has 1 aromatic carbocycles. The average molecular weight is 286 g/mol. The van der Waals surface area contributed by atoms with E-state index in [2.05, 4.69) is 22.3 Å². The molecule has 1 saturated heterocycles. The van der Waals surface area contributed by atoms with Gasteiger partial charge in [-0.2, -0.15) is 0 Å². The first kappa shape index (κ1) is 13.7. The van der Waals surface area contributed by atoms with E-state index in [0.717, 1.165) is 31.9 Å². The van der Waals surface area contributed by atoms with Crippen molar-refractivity contribution in [3.8, 4) is 0 Å². The van der Waals surface area contributed by atoms with Crippen molar-refractivity contribution in [2.45, 2.75) is 6.54 Å². The number of nitrogens with one attached hydrogen (secondary N) is 1. The van der Waals surface area contributed by atoms with Crippen LogP contribution in [0.1, 0.15) is 16.1 Å². The maximum absolute atomic E-state index is 11.8. The summed E-state index contributed by atoms with van der Waals surface area (Å²) in [4.78, 5) is 14.1. The fourth-order valence-corrected chi connectivity index (χ4v) is 2.32. The number of nitrogens with zero attached hydrogens (tertiary/aromatic N) is 1. The minimum absolute atomic E-state index is 0.197. The van der Waals surface area contributed by atoms with Crippen molar-refractivity contribution in [3.63, 3.8) is 0 Å². The van der Waals surface area contributed by atoms with Crippen molar-refractivity contribution in [2.75, 3.05) is 31.2 Å². The molecule has 0 radical (unpaired) electrons. The topological polar surface area (TPSA) is 54.7 Å². The summed E-state index contributed by atoms with van der Waals surface area (Å²) in [7, 11) is 0. The Hall–Kier alpha value is -2.27. The van der Waals surface area contributed by atoms with E-state index in [1.807, 2.05) is 12.1 Å². The van der Waals surface area contributed by atoms with Gasteiger partial charge in [-0.1, -0.05) is 12.1 Å². The molecule has 0 atom stereocenters. The largest absolute Gasteiger partial charge is 0.459 e. The van der Waals surface area contributed by atoms with Crippen molar-refractivity contribution in [1.82, 2.24) is 5.32 Å². The third-order valence-corrected chi connectivity index (χ3v) is 3.51. The van der Waals surface area contributed by atoms with Crippen LogP contribution in [0.15, 0.2) is 47.1 Å². The fourth-order valence-electron chi connectivity index (χ4n) is 2.32. The predicted octanol–water partition coefficient (Wildman–Crippen LogP) is 2.05. The summed E-state index contributed by atoms with van der Waals surface area (Å²) in [5, 5.41) is 2.83. The zero-order valence-corrected chi connectivity index (χ0v) is 11.7. The number of carbonyl (C=O) groups is 1. The molecule has 0 spiro atoms. The molecule has 2 aromatic rings. The maximum Gasteiger partial charge on any atom is 0.287 e. The first-order valence-electron chi connectivity index (χ1n) is 7.06. The average Bonchev–Trinajstić information content (AvgIpc) is 3.08. The molecule has 0 saturated carbocycles. The van der Waals surface area contributed by atoms with Crippen molar-refractivity contribution < 1.29 is 13.9 Å². The highest BCUT2D eigenvalue weighted by atomic mass is 16.5. The van der Waals surface area contributed by atoms with Gasteiger partial charge in [0.15, 0.2) is 5.76 Å². The standard InChI is InChI=1S/C16H18N2O3/c19-16(15-2-1-9-21-15)17-12-13-3-5-14(6-4-13)18-7-10-20-11-8-18/h1-6,9H,7-8,10-12H2,(H,17,19). The highest BCUT2D eigenvalue weighted by molar-refractivity contribution is 5.91. The molecule has 0 unspecified atom stereocenters. The van der Waals surface area contributed by atoms with Crippen LogP contribution in [-0.4, -0.2) is 32.2 Å². The van der Waals surface area contributed by atoms with Gasteiger partial charge in [-0.3, -0.25) is 4.79 Å². The molecule has 5 heteroatoms. The van der Waals surface area contributed by atoms with Crippen LogP contribution in [0.5, 0.6) is 0 Å². The smallest absolute Gasteiger partial charge is 0.287 e. The Labute approximate surface area is 123 Å². The highest BCUT2D eigenvalue weighted by Gasteiger charge is 2.11. The summed E-state index contributed by atoms with van der Waals surface area (Å²) in [6, 6.07) is 11.6. The van der Waals surface area contributed by atoms with Crippen molar-refractivity contribution in [3.05, 3.63) is 54.0 Å². The second-order valence-corrected chi connectivity index (χ2v) is 4.93. The van der Waals surface area contributed by atoms with Crippen molar-refractivity contribution in [2.24, 2.45) is 0 Å². The number of anilines is 1. The molecule has 5 nitrogen and oxygen atoms in total. The molecule has 3 rings (SSSR count). The molecule has 110 valence electrons. The van der Waals surface area contributed by atoms with Crippen molar-refractivity contribution >= 4 is 11.6 Å². The van der Waals surface area contributed by atoms with Crippen LogP contribution in [0.3, 0.4) is 0 Å². The number of amides is 1. The summed E-state index contributed by atoms with van der Waals surface area (Å²) < 4.78 is 10.4. The SMILES string of the molecule is O=C(NCc1ccc(N2CCOCC2)cc1)c1ccco1. The second kappa shape index (κ2) is 6.45. The molecule has 1 fully saturated rings. The number of benzene rings is 1. The number of rotatable bonds is 4. The van der Waals surface area contributed by atoms with E-state index in [9.17, 15) is 4.79 Å². The minimum atomic E-state index is -0.197. The first-order valence-corrected chi connectivity index (χ1v) is 7.06. The van der Waals surface area contributed by atoms with Gasteiger partial charge in [0.2, 0.25) is 0 Å². The first-order chi connectivity index (χ1) is 10.3. The van der Waals surface area contributed by atoms with Gasteiger partial charge in [0, 0.05) is 25.3 Å². The molecule has 1 N–H and O–H groups in total. The highest BCUT2D eigenvalue weighted by Crippen LogP contribution is 2.16. The van der Waals surface area contributed by atoms with Gasteiger partial charge in [-0.05, 0) is 29.8 Å². The third kappa shape index (κ3) is 3.44. The van der Waals surface area contributed by atoms with E-state index in [-0.39, 0.29) is 5.91 Å². The summed E-state index contributed by atoms with van der Waals surface area (Å²) in [6.45, 7) is 3.90. The van der Waals surface area contributed by atoms with Crippen LogP contribution in [0.4, 0.5) is 5.69 Å². The van der Waals surface area contributed by atoms with Gasteiger partial charge < -0.3 is 19.4 Å². The van der Waals surface area contributed by atoms with Gasteiger partial charge in [-0.25, -0.2) is 0 Å². The molecule has 1 aliphatic heterocycles. The molecule has 21 heavy (non-hydrogen) atoms. The van der Waals surface area contributed by atoms with E-state index in [1.54, 1.807) is 12.1 Å². The normalized spacial score (nSPS) is 15.0. The van der Waals surface area contributed by atoms with Gasteiger partial charge in [0.05, 0.1) is 19.5 Å². The minimum Gasteiger partial charge on any atom is -0.459 e. The Morgan fingerprint density at radius 1 is 1.14 bits per heavy atom. The monoisotopic (exact) mass is 286 g/mol. The number of hydrogen-bond acceptors (Lipinski definition) is 4. The van der Waals surface area contributed by atoms with Gasteiger partial charge >= 0.3 is 0 Å². The summed E-state index contributed by atoms with van der Waals surface area (Å²) >= 11 is 0. The Kier molecular flexibility index (Phi) is 4.21. The molecule has 2 heterocycles. The molecular formula is C16H18N2O3. The number of carbonyl (C=O) groups excluding carboxylic acids is 1. The lowest BCUT2D eigenvalue weighted by molar-refractivity contribution is 0.0923. The molecule has 0 aliphatic carbocycles. The number of morpholine rings is 1. The lowest BCUT2D eigenvalue weighted by atomic mass is 10.2. The predicted molar refractivity (Wildman–Crippen MR) is 79.4 cm³/mol. The maximum atomic E-state index is 11.8. The molecule has 1 aliphatic rings. The van der Waals surface area contributed by atoms with Crippen LogP contribution < -0.4 is 10.2 Å². The van der Waals surface area contributed by atoms with Crippen LogP contribution in [0, 0.1) is 0 Å².